The first-order chi connectivity index (χ1) is 38.1. The third-order valence-electron chi connectivity index (χ3n) is 15.0. The summed E-state index contributed by atoms with van der Waals surface area (Å²) in [4.78, 5) is 13.0. The fourth-order valence-electron chi connectivity index (χ4n) is 10.1. The third kappa shape index (κ3) is 47.7. The van der Waals surface area contributed by atoms with Gasteiger partial charge in [-0.25, -0.2) is 4.18 Å². The number of hydrogen-bond donors (Lipinski definition) is 4. The lowest BCUT2D eigenvalue weighted by Crippen LogP contribution is -2.60. The van der Waals surface area contributed by atoms with Crippen LogP contribution in [0.3, 0.4) is 0 Å². The zero-order chi connectivity index (χ0) is 56.7. The van der Waals surface area contributed by atoms with Gasteiger partial charge in [0.2, 0.25) is 0 Å². The highest BCUT2D eigenvalue weighted by molar-refractivity contribution is 7.80. The van der Waals surface area contributed by atoms with Crippen molar-refractivity contribution >= 4 is 16.4 Å². The van der Waals surface area contributed by atoms with Gasteiger partial charge in [-0.2, -0.15) is 8.42 Å². The van der Waals surface area contributed by atoms with Crippen molar-refractivity contribution < 1.29 is 56.2 Å². The van der Waals surface area contributed by atoms with E-state index in [0.29, 0.717) is 13.0 Å². The number of unbranched alkanes of at least 4 members (excludes halogenated alkanes) is 37. The number of hydrogen-bond acceptors (Lipinski definition) is 11. The first-order valence-electron chi connectivity index (χ1n) is 32.4. The topological polar surface area (TPSA) is 178 Å². The molecule has 458 valence electrons. The molecule has 1 heterocycles. The van der Waals surface area contributed by atoms with E-state index in [2.05, 4.69) is 66.6 Å². The lowest BCUT2D eigenvalue weighted by Gasteiger charge is -2.41. The van der Waals surface area contributed by atoms with Gasteiger partial charge >= 0.3 is 16.4 Å². The first kappa shape index (κ1) is 74.1. The van der Waals surface area contributed by atoms with Crippen molar-refractivity contribution in [2.75, 3.05) is 26.4 Å². The highest BCUT2D eigenvalue weighted by Gasteiger charge is 2.48. The summed E-state index contributed by atoms with van der Waals surface area (Å²) in [7, 11) is -5.07. The summed E-state index contributed by atoms with van der Waals surface area (Å²) in [6.45, 7) is 3.94. The monoisotopic (exact) mass is 1120 g/mol. The van der Waals surface area contributed by atoms with E-state index < -0.39 is 59.8 Å². The molecule has 0 amide bonds. The van der Waals surface area contributed by atoms with Gasteiger partial charge in [-0.1, -0.05) is 287 Å². The summed E-state index contributed by atoms with van der Waals surface area (Å²) in [5, 5.41) is 30.9. The Hall–Kier alpha value is -1.94. The second kappa shape index (κ2) is 55.6. The van der Waals surface area contributed by atoms with Crippen molar-refractivity contribution in [3.63, 3.8) is 0 Å². The summed E-state index contributed by atoms with van der Waals surface area (Å²) in [6.07, 6.45) is 63.1. The molecule has 1 rings (SSSR count). The number of aliphatic hydroxyl groups excluding tert-OH is 3. The molecule has 78 heavy (non-hydrogen) atoms. The Balaban J connectivity index is 2.23. The average Bonchev–Trinajstić information content (AvgIpc) is 3.42. The molecule has 0 spiro atoms. The normalized spacial score (nSPS) is 18.7. The second-order valence-corrected chi connectivity index (χ2v) is 23.4. The van der Waals surface area contributed by atoms with Crippen LogP contribution >= 0.6 is 0 Å². The summed E-state index contributed by atoms with van der Waals surface area (Å²) >= 11 is 0. The minimum absolute atomic E-state index is 0.0380. The van der Waals surface area contributed by atoms with E-state index in [9.17, 15) is 33.1 Å². The molecule has 0 aromatic rings. The molecule has 0 bridgehead atoms. The number of ether oxygens (including phenoxy) is 4. The van der Waals surface area contributed by atoms with Crippen LogP contribution in [0.2, 0.25) is 0 Å². The molecule has 1 aliphatic rings. The lowest BCUT2D eigenvalue weighted by atomic mass is 9.99. The molecule has 0 radical (unpaired) electrons. The van der Waals surface area contributed by atoms with Crippen LogP contribution in [0.25, 0.3) is 0 Å². The van der Waals surface area contributed by atoms with Crippen molar-refractivity contribution in [1.82, 2.24) is 0 Å². The van der Waals surface area contributed by atoms with E-state index in [1.807, 2.05) is 0 Å². The Bertz CT molecular complexity index is 1530. The fraction of sp³-hybridized carbons (Fsp3) is 0.862. The van der Waals surface area contributed by atoms with Crippen molar-refractivity contribution in [2.45, 2.75) is 333 Å². The lowest BCUT2D eigenvalue weighted by molar-refractivity contribution is -0.301. The van der Waals surface area contributed by atoms with E-state index in [-0.39, 0.29) is 19.6 Å². The molecule has 12 nitrogen and oxygen atoms in total. The molecule has 13 heteroatoms. The van der Waals surface area contributed by atoms with E-state index >= 15 is 0 Å². The molecule has 0 saturated carbocycles. The summed E-state index contributed by atoms with van der Waals surface area (Å²) in [5.41, 5.74) is 0. The first-order valence-corrected chi connectivity index (χ1v) is 33.8. The Labute approximate surface area is 478 Å². The highest BCUT2D eigenvalue weighted by atomic mass is 32.3. The molecule has 1 saturated heterocycles. The van der Waals surface area contributed by atoms with Crippen LogP contribution in [0.1, 0.15) is 296 Å². The van der Waals surface area contributed by atoms with Crippen LogP contribution in [-0.4, -0.2) is 97.5 Å². The van der Waals surface area contributed by atoms with Gasteiger partial charge in [0, 0.05) is 13.0 Å². The molecule has 6 unspecified atom stereocenters. The smallest absolute Gasteiger partial charge is 0.397 e. The SMILES string of the molecule is CC/C=C\C/C=C\C/C=C\C/C=C\CCCCCCCCCCCCCCCOCC(COC1OC(CO)C(O)C(OS(=O)(=O)O)C1O)OC(=O)CCCCCCCCCCCCCCCCCCCCCCCCCCC. The predicted octanol–water partition coefficient (Wildman–Crippen LogP) is 17.0. The Morgan fingerprint density at radius 1 is 0.500 bits per heavy atom. The Morgan fingerprint density at radius 3 is 1.29 bits per heavy atom. The van der Waals surface area contributed by atoms with E-state index in [0.717, 1.165) is 64.2 Å². The van der Waals surface area contributed by atoms with Gasteiger partial charge in [0.1, 0.15) is 30.5 Å². The maximum Gasteiger partial charge on any atom is 0.397 e. The van der Waals surface area contributed by atoms with Crippen molar-refractivity contribution in [1.29, 1.82) is 0 Å². The quantitative estimate of drug-likeness (QED) is 0.0196. The van der Waals surface area contributed by atoms with Crippen molar-refractivity contribution in [2.24, 2.45) is 0 Å². The molecular weight excluding hydrogens is 1000 g/mol. The molecule has 4 N–H and O–H groups in total. The molecule has 0 aromatic heterocycles. The standard InChI is InChI=1S/C65H120O12S/c1-3-5-7-9-11-13-15-17-19-21-23-25-27-29-31-33-35-37-39-41-43-45-47-49-51-53-55-73-57-59(58-74-65-63(69)64(77-78(70,71)72)62(68)60(56-66)76-65)75-61(67)54-52-50-48-46-44-42-40-38-36-34-32-30-28-26-24-22-20-18-16-14-12-10-8-6-4-2/h5,7,11,13,17,19,23,25,59-60,62-66,68-69H,3-4,6,8-10,12,14-16,18,20-22,24,26-58H2,1-2H3,(H,70,71,72)/b7-5-,13-11-,19-17-,25-23-. The van der Waals surface area contributed by atoms with Gasteiger partial charge in [-0.3, -0.25) is 9.35 Å². The van der Waals surface area contributed by atoms with Crippen molar-refractivity contribution in [3.8, 4) is 0 Å². The minimum Gasteiger partial charge on any atom is -0.457 e. The summed E-state index contributed by atoms with van der Waals surface area (Å²) in [6, 6.07) is 0. The van der Waals surface area contributed by atoms with Gasteiger partial charge in [0.15, 0.2) is 6.29 Å². The minimum atomic E-state index is -5.07. The zero-order valence-electron chi connectivity index (χ0n) is 50.0. The average molecular weight is 1130 g/mol. The van der Waals surface area contributed by atoms with Gasteiger partial charge < -0.3 is 34.3 Å². The van der Waals surface area contributed by atoms with E-state index in [4.69, 9.17) is 18.9 Å². The van der Waals surface area contributed by atoms with Crippen molar-refractivity contribution in [3.05, 3.63) is 48.6 Å². The number of carbonyl (C=O) groups excluding carboxylic acids is 1. The van der Waals surface area contributed by atoms with Crippen LogP contribution < -0.4 is 0 Å². The summed E-state index contributed by atoms with van der Waals surface area (Å²) in [5.74, 6) is -0.392. The largest absolute Gasteiger partial charge is 0.457 e. The Morgan fingerprint density at radius 2 is 0.885 bits per heavy atom. The molecule has 1 fully saturated rings. The van der Waals surface area contributed by atoms with Crippen LogP contribution in [-0.2, 0) is 38.3 Å². The molecule has 0 aromatic carbocycles. The van der Waals surface area contributed by atoms with E-state index in [1.54, 1.807) is 0 Å². The summed E-state index contributed by atoms with van der Waals surface area (Å²) < 4.78 is 59.6. The number of rotatable bonds is 58. The maximum atomic E-state index is 13.0. The molecular formula is C65H120O12S. The van der Waals surface area contributed by atoms with Gasteiger partial charge in [-0.05, 0) is 51.4 Å². The number of aliphatic hydroxyl groups is 3. The number of carbonyl (C=O) groups is 1. The second-order valence-electron chi connectivity index (χ2n) is 22.3. The van der Waals surface area contributed by atoms with Gasteiger partial charge in [-0.15, -0.1) is 0 Å². The van der Waals surface area contributed by atoms with Crippen LogP contribution in [0.5, 0.6) is 0 Å². The molecule has 6 atom stereocenters. The molecule has 0 aliphatic carbocycles. The number of allylic oxidation sites excluding steroid dienone is 8. The zero-order valence-corrected chi connectivity index (χ0v) is 50.8. The van der Waals surface area contributed by atoms with Crippen LogP contribution in [0.15, 0.2) is 48.6 Å². The Kier molecular flexibility index (Phi) is 52.8. The molecule has 1 aliphatic heterocycles. The predicted molar refractivity (Wildman–Crippen MR) is 322 cm³/mol. The maximum absolute atomic E-state index is 13.0. The van der Waals surface area contributed by atoms with Gasteiger partial charge in [0.05, 0.1) is 19.8 Å². The van der Waals surface area contributed by atoms with Crippen LogP contribution in [0.4, 0.5) is 0 Å². The van der Waals surface area contributed by atoms with Crippen LogP contribution in [0, 0.1) is 0 Å². The third-order valence-corrected chi connectivity index (χ3v) is 15.4. The number of esters is 1. The fourth-order valence-corrected chi connectivity index (χ4v) is 10.6. The van der Waals surface area contributed by atoms with E-state index in [1.165, 1.54) is 205 Å². The van der Waals surface area contributed by atoms with Gasteiger partial charge in [0.25, 0.3) is 0 Å². The highest BCUT2D eigenvalue weighted by Crippen LogP contribution is 2.26.